The number of hydrogen-bond donors (Lipinski definition) is 1. The predicted octanol–water partition coefficient (Wildman–Crippen LogP) is 3.37. The lowest BCUT2D eigenvalue weighted by atomic mass is 10.1. The summed E-state index contributed by atoms with van der Waals surface area (Å²) in [6.45, 7) is 2.64. The highest BCUT2D eigenvalue weighted by Crippen LogP contribution is 2.30. The van der Waals surface area contributed by atoms with E-state index in [2.05, 4.69) is 10.2 Å². The molecule has 2 aromatic carbocycles. The molecule has 2 aromatic rings. The average Bonchev–Trinajstić information content (AvgIpc) is 2.72. The maximum Gasteiger partial charge on any atom is 0.416 e. The van der Waals surface area contributed by atoms with Crippen molar-refractivity contribution in [3.8, 4) is 0 Å². The number of non-ortho nitro benzene ring substituents is 1. The molecule has 1 fully saturated rings. The van der Waals surface area contributed by atoms with Gasteiger partial charge in [-0.25, -0.2) is 0 Å². The van der Waals surface area contributed by atoms with E-state index in [4.69, 9.17) is 0 Å². The Hall–Kier alpha value is -3.14. The number of carbonyl (C=O) groups excluding carboxylic acids is 1. The Balaban J connectivity index is 1.47. The molecule has 1 aliphatic rings. The molecule has 160 valence electrons. The highest BCUT2D eigenvalue weighted by atomic mass is 19.4. The van der Waals surface area contributed by atoms with Crippen molar-refractivity contribution in [2.75, 3.05) is 38.0 Å². The molecule has 10 heteroatoms. The highest BCUT2D eigenvalue weighted by Gasteiger charge is 2.30. The molecule has 0 radical (unpaired) electrons. The summed E-state index contributed by atoms with van der Waals surface area (Å²) < 4.78 is 38.3. The average molecular weight is 422 g/mol. The van der Waals surface area contributed by atoms with Crippen LogP contribution in [0.1, 0.15) is 11.1 Å². The molecule has 0 unspecified atom stereocenters. The number of nitro groups is 1. The number of benzene rings is 2. The fourth-order valence-electron chi connectivity index (χ4n) is 3.28. The summed E-state index contributed by atoms with van der Waals surface area (Å²) in [6.07, 6.45) is -4.43. The Labute approximate surface area is 171 Å². The number of amides is 1. The van der Waals surface area contributed by atoms with E-state index in [1.807, 2.05) is 6.07 Å². The second-order valence-corrected chi connectivity index (χ2v) is 7.02. The van der Waals surface area contributed by atoms with Crippen LogP contribution in [0.5, 0.6) is 0 Å². The van der Waals surface area contributed by atoms with Crippen LogP contribution < -0.4 is 5.32 Å². The van der Waals surface area contributed by atoms with Crippen LogP contribution in [0.25, 0.3) is 0 Å². The molecule has 1 N–H and O–H groups in total. The minimum atomic E-state index is -4.43. The van der Waals surface area contributed by atoms with Crippen molar-refractivity contribution in [3.63, 3.8) is 0 Å². The van der Waals surface area contributed by atoms with Crippen molar-refractivity contribution in [3.05, 3.63) is 69.8 Å². The predicted molar refractivity (Wildman–Crippen MR) is 105 cm³/mol. The van der Waals surface area contributed by atoms with Gasteiger partial charge in [-0.2, -0.15) is 13.2 Å². The van der Waals surface area contributed by atoms with E-state index in [0.29, 0.717) is 32.7 Å². The molecule has 1 amide bonds. The molecular formula is C20H21F3N4O3. The molecule has 30 heavy (non-hydrogen) atoms. The standard InChI is InChI=1S/C20H21F3N4O3/c21-20(22,23)16-4-2-5-17(12-16)24-13-19(28)26-9-7-25(8-10-26)14-15-3-1-6-18(11-15)27(29)30/h1-6,11-12,24H,7-10,13-14H2. The summed E-state index contributed by atoms with van der Waals surface area (Å²) in [6, 6.07) is 11.2. The van der Waals surface area contributed by atoms with Gasteiger partial charge < -0.3 is 10.2 Å². The Morgan fingerprint density at radius 2 is 1.77 bits per heavy atom. The molecule has 0 aromatic heterocycles. The van der Waals surface area contributed by atoms with Gasteiger partial charge in [0, 0.05) is 50.5 Å². The van der Waals surface area contributed by atoms with Crippen molar-refractivity contribution in [1.82, 2.24) is 9.80 Å². The van der Waals surface area contributed by atoms with Gasteiger partial charge in [-0.1, -0.05) is 18.2 Å². The van der Waals surface area contributed by atoms with Crippen LogP contribution in [0.2, 0.25) is 0 Å². The first-order valence-electron chi connectivity index (χ1n) is 9.37. The largest absolute Gasteiger partial charge is 0.416 e. The number of piperazine rings is 1. The SMILES string of the molecule is O=C(CNc1cccc(C(F)(F)F)c1)N1CCN(Cc2cccc([N+](=O)[O-])c2)CC1. The van der Waals surface area contributed by atoms with Crippen molar-refractivity contribution >= 4 is 17.3 Å². The van der Waals surface area contributed by atoms with Crippen LogP contribution in [-0.4, -0.2) is 53.4 Å². The molecule has 7 nitrogen and oxygen atoms in total. The number of hydrogen-bond acceptors (Lipinski definition) is 5. The number of anilines is 1. The molecule has 1 heterocycles. The van der Waals surface area contributed by atoms with E-state index >= 15 is 0 Å². The van der Waals surface area contributed by atoms with Gasteiger partial charge in [-0.3, -0.25) is 19.8 Å². The Morgan fingerprint density at radius 1 is 1.07 bits per heavy atom. The molecule has 0 bridgehead atoms. The van der Waals surface area contributed by atoms with Crippen LogP contribution in [-0.2, 0) is 17.5 Å². The lowest BCUT2D eigenvalue weighted by Gasteiger charge is -2.34. The van der Waals surface area contributed by atoms with Gasteiger partial charge in [-0.15, -0.1) is 0 Å². The molecule has 3 rings (SSSR count). The van der Waals surface area contributed by atoms with Crippen LogP contribution in [0.4, 0.5) is 24.5 Å². The van der Waals surface area contributed by atoms with Gasteiger partial charge in [0.15, 0.2) is 0 Å². The van der Waals surface area contributed by atoms with Crippen LogP contribution in [0, 0.1) is 10.1 Å². The number of rotatable bonds is 6. The summed E-state index contributed by atoms with van der Waals surface area (Å²) >= 11 is 0. The van der Waals surface area contributed by atoms with Crippen molar-refractivity contribution in [2.45, 2.75) is 12.7 Å². The van der Waals surface area contributed by atoms with Gasteiger partial charge in [-0.05, 0) is 23.8 Å². The molecular weight excluding hydrogens is 401 g/mol. The maximum atomic E-state index is 12.8. The quantitative estimate of drug-likeness (QED) is 0.571. The van der Waals surface area contributed by atoms with E-state index in [1.54, 1.807) is 11.0 Å². The van der Waals surface area contributed by atoms with E-state index in [1.165, 1.54) is 24.3 Å². The fraction of sp³-hybridized carbons (Fsp3) is 0.350. The third-order valence-electron chi connectivity index (χ3n) is 4.89. The van der Waals surface area contributed by atoms with E-state index in [-0.39, 0.29) is 23.8 Å². The first kappa shape index (κ1) is 21.6. The van der Waals surface area contributed by atoms with Crippen LogP contribution >= 0.6 is 0 Å². The van der Waals surface area contributed by atoms with Crippen LogP contribution in [0.3, 0.4) is 0 Å². The Kier molecular flexibility index (Phi) is 6.56. The third kappa shape index (κ3) is 5.69. The number of nitro benzene ring substituents is 1. The lowest BCUT2D eigenvalue weighted by molar-refractivity contribution is -0.384. The number of halogens is 3. The van der Waals surface area contributed by atoms with E-state index in [9.17, 15) is 28.1 Å². The van der Waals surface area contributed by atoms with Gasteiger partial charge in [0.1, 0.15) is 0 Å². The third-order valence-corrected chi connectivity index (χ3v) is 4.89. The zero-order valence-electron chi connectivity index (χ0n) is 16.1. The first-order chi connectivity index (χ1) is 14.2. The smallest absolute Gasteiger partial charge is 0.376 e. The molecule has 0 aliphatic carbocycles. The summed E-state index contributed by atoms with van der Waals surface area (Å²) in [5.74, 6) is -0.192. The number of alkyl halides is 3. The summed E-state index contributed by atoms with van der Waals surface area (Å²) in [5, 5.41) is 13.6. The maximum absolute atomic E-state index is 12.8. The van der Waals surface area contributed by atoms with Gasteiger partial charge in [0.2, 0.25) is 5.91 Å². The topological polar surface area (TPSA) is 78.7 Å². The number of nitrogens with one attached hydrogen (secondary N) is 1. The zero-order valence-corrected chi connectivity index (χ0v) is 16.1. The summed E-state index contributed by atoms with van der Waals surface area (Å²) in [5.41, 5.74) is 0.342. The number of carbonyl (C=O) groups is 1. The van der Waals surface area contributed by atoms with Gasteiger partial charge in [0.25, 0.3) is 5.69 Å². The number of nitrogens with zero attached hydrogens (tertiary/aromatic N) is 3. The Morgan fingerprint density at radius 3 is 2.43 bits per heavy atom. The lowest BCUT2D eigenvalue weighted by Crippen LogP contribution is -2.49. The van der Waals surface area contributed by atoms with Crippen molar-refractivity contribution in [1.29, 1.82) is 0 Å². The molecule has 1 aliphatic heterocycles. The minimum absolute atomic E-state index is 0.0435. The second kappa shape index (κ2) is 9.12. The van der Waals surface area contributed by atoms with Gasteiger partial charge >= 0.3 is 6.18 Å². The molecule has 0 saturated carbocycles. The monoisotopic (exact) mass is 422 g/mol. The van der Waals surface area contributed by atoms with E-state index < -0.39 is 16.7 Å². The normalized spacial score (nSPS) is 15.1. The van der Waals surface area contributed by atoms with E-state index in [0.717, 1.165) is 17.7 Å². The molecule has 0 spiro atoms. The van der Waals surface area contributed by atoms with Gasteiger partial charge in [0.05, 0.1) is 17.0 Å². The minimum Gasteiger partial charge on any atom is -0.376 e. The molecule has 0 atom stereocenters. The summed E-state index contributed by atoms with van der Waals surface area (Å²) in [7, 11) is 0. The molecule has 1 saturated heterocycles. The van der Waals surface area contributed by atoms with Crippen molar-refractivity contribution < 1.29 is 22.9 Å². The zero-order chi connectivity index (χ0) is 21.7. The second-order valence-electron chi connectivity index (χ2n) is 7.02. The highest BCUT2D eigenvalue weighted by molar-refractivity contribution is 5.81. The van der Waals surface area contributed by atoms with Crippen molar-refractivity contribution in [2.24, 2.45) is 0 Å². The first-order valence-corrected chi connectivity index (χ1v) is 9.37. The summed E-state index contributed by atoms with van der Waals surface area (Å²) in [4.78, 5) is 26.6. The fourth-order valence-corrected chi connectivity index (χ4v) is 3.28. The Bertz CT molecular complexity index is 912. The van der Waals surface area contributed by atoms with Crippen LogP contribution in [0.15, 0.2) is 48.5 Å².